The SMILES string of the molecule is OCC1(c2ccccc2)CCC(N2CCCC2)CC1. The summed E-state index contributed by atoms with van der Waals surface area (Å²) in [5, 5.41) is 9.93. The van der Waals surface area contributed by atoms with Crippen molar-refractivity contribution in [3.05, 3.63) is 35.9 Å². The second kappa shape index (κ2) is 5.64. The van der Waals surface area contributed by atoms with E-state index in [2.05, 4.69) is 35.2 Å². The molecule has 1 aromatic carbocycles. The monoisotopic (exact) mass is 259 g/mol. The number of nitrogens with zero attached hydrogens (tertiary/aromatic N) is 1. The van der Waals surface area contributed by atoms with Crippen LogP contribution in [0.5, 0.6) is 0 Å². The molecule has 104 valence electrons. The minimum absolute atomic E-state index is 0.0253. The minimum Gasteiger partial charge on any atom is -0.395 e. The molecular formula is C17H25NO. The lowest BCUT2D eigenvalue weighted by molar-refractivity contribution is 0.101. The molecule has 3 rings (SSSR count). The third-order valence-electron chi connectivity index (χ3n) is 5.26. The van der Waals surface area contributed by atoms with Crippen LogP contribution in [0.2, 0.25) is 0 Å². The van der Waals surface area contributed by atoms with Crippen LogP contribution in [0.1, 0.15) is 44.1 Å². The molecule has 1 aliphatic carbocycles. The van der Waals surface area contributed by atoms with Crippen molar-refractivity contribution < 1.29 is 5.11 Å². The number of aliphatic hydroxyl groups excluding tert-OH is 1. The Hall–Kier alpha value is -0.860. The van der Waals surface area contributed by atoms with Gasteiger partial charge in [0, 0.05) is 11.5 Å². The van der Waals surface area contributed by atoms with E-state index in [-0.39, 0.29) is 5.41 Å². The summed E-state index contributed by atoms with van der Waals surface area (Å²) in [6, 6.07) is 11.4. The van der Waals surface area contributed by atoms with Crippen LogP contribution in [0.4, 0.5) is 0 Å². The van der Waals surface area contributed by atoms with Gasteiger partial charge < -0.3 is 10.0 Å². The highest BCUT2D eigenvalue weighted by atomic mass is 16.3. The largest absolute Gasteiger partial charge is 0.395 e. The Morgan fingerprint density at radius 2 is 1.68 bits per heavy atom. The average Bonchev–Trinajstić information content (AvgIpc) is 3.02. The van der Waals surface area contributed by atoms with E-state index in [0.29, 0.717) is 6.61 Å². The van der Waals surface area contributed by atoms with Crippen LogP contribution < -0.4 is 0 Å². The van der Waals surface area contributed by atoms with Gasteiger partial charge in [0.2, 0.25) is 0 Å². The van der Waals surface area contributed by atoms with Crippen molar-refractivity contribution in [2.24, 2.45) is 0 Å². The topological polar surface area (TPSA) is 23.5 Å². The number of hydrogen-bond donors (Lipinski definition) is 1. The molecule has 0 amide bonds. The molecule has 2 nitrogen and oxygen atoms in total. The summed E-state index contributed by atoms with van der Waals surface area (Å²) in [6.07, 6.45) is 7.51. The number of benzene rings is 1. The molecule has 2 aliphatic rings. The highest BCUT2D eigenvalue weighted by Crippen LogP contribution is 2.40. The van der Waals surface area contributed by atoms with Gasteiger partial charge in [-0.3, -0.25) is 0 Å². The van der Waals surface area contributed by atoms with Crippen LogP contribution in [0, 0.1) is 0 Å². The summed E-state index contributed by atoms with van der Waals surface area (Å²) in [5.74, 6) is 0. The fraction of sp³-hybridized carbons (Fsp3) is 0.647. The van der Waals surface area contributed by atoms with Crippen LogP contribution in [-0.4, -0.2) is 35.7 Å². The molecule has 0 bridgehead atoms. The smallest absolute Gasteiger partial charge is 0.0527 e. The van der Waals surface area contributed by atoms with E-state index in [1.54, 1.807) is 0 Å². The molecule has 0 radical (unpaired) electrons. The van der Waals surface area contributed by atoms with E-state index in [9.17, 15) is 5.11 Å². The molecule has 19 heavy (non-hydrogen) atoms. The molecule has 0 aromatic heterocycles. The quantitative estimate of drug-likeness (QED) is 0.902. The lowest BCUT2D eigenvalue weighted by atomic mass is 9.68. The molecule has 0 atom stereocenters. The van der Waals surface area contributed by atoms with E-state index < -0.39 is 0 Å². The Balaban J connectivity index is 1.69. The maximum absolute atomic E-state index is 9.93. The molecule has 0 spiro atoms. The zero-order valence-corrected chi connectivity index (χ0v) is 11.7. The van der Waals surface area contributed by atoms with E-state index in [0.717, 1.165) is 18.9 Å². The number of hydrogen-bond acceptors (Lipinski definition) is 2. The fourth-order valence-electron chi connectivity index (χ4n) is 3.96. The van der Waals surface area contributed by atoms with Gasteiger partial charge in [0.25, 0.3) is 0 Å². The van der Waals surface area contributed by atoms with E-state index in [4.69, 9.17) is 0 Å². The molecule has 1 saturated carbocycles. The van der Waals surface area contributed by atoms with Gasteiger partial charge in [-0.05, 0) is 57.2 Å². The zero-order chi connectivity index (χ0) is 13.1. The predicted octanol–water partition coefficient (Wildman–Crippen LogP) is 2.96. The van der Waals surface area contributed by atoms with E-state index in [1.165, 1.54) is 44.3 Å². The van der Waals surface area contributed by atoms with Crippen LogP contribution in [-0.2, 0) is 5.41 Å². The second-order valence-corrected chi connectivity index (χ2v) is 6.28. The van der Waals surface area contributed by atoms with Crippen LogP contribution in [0.15, 0.2) is 30.3 Å². The molecule has 1 N–H and O–H groups in total. The Labute approximate surface area is 116 Å². The Bertz CT molecular complexity index is 389. The Morgan fingerprint density at radius 3 is 2.26 bits per heavy atom. The third kappa shape index (κ3) is 2.56. The highest BCUT2D eigenvalue weighted by Gasteiger charge is 2.38. The van der Waals surface area contributed by atoms with Gasteiger partial charge in [-0.2, -0.15) is 0 Å². The number of likely N-dealkylation sites (tertiary alicyclic amines) is 1. The standard InChI is InChI=1S/C17H25NO/c19-14-17(15-6-2-1-3-7-15)10-8-16(9-11-17)18-12-4-5-13-18/h1-3,6-7,16,19H,4-5,8-14H2. The first-order valence-electron chi connectivity index (χ1n) is 7.74. The summed E-state index contributed by atoms with van der Waals surface area (Å²) >= 11 is 0. The third-order valence-corrected chi connectivity index (χ3v) is 5.26. The van der Waals surface area contributed by atoms with Gasteiger partial charge >= 0.3 is 0 Å². The first-order chi connectivity index (χ1) is 9.34. The van der Waals surface area contributed by atoms with Gasteiger partial charge in [-0.15, -0.1) is 0 Å². The summed E-state index contributed by atoms with van der Waals surface area (Å²) in [6.45, 7) is 2.88. The second-order valence-electron chi connectivity index (χ2n) is 6.28. The van der Waals surface area contributed by atoms with Crippen molar-refractivity contribution in [2.75, 3.05) is 19.7 Å². The zero-order valence-electron chi connectivity index (χ0n) is 11.7. The van der Waals surface area contributed by atoms with Gasteiger partial charge in [-0.1, -0.05) is 30.3 Å². The molecule has 2 fully saturated rings. The molecule has 0 unspecified atom stereocenters. The molecule has 1 aromatic rings. The van der Waals surface area contributed by atoms with E-state index in [1.807, 2.05) is 0 Å². The van der Waals surface area contributed by atoms with Gasteiger partial charge in [-0.25, -0.2) is 0 Å². The van der Waals surface area contributed by atoms with Crippen LogP contribution >= 0.6 is 0 Å². The highest BCUT2D eigenvalue weighted by molar-refractivity contribution is 5.26. The normalized spacial score (nSPS) is 32.6. The lowest BCUT2D eigenvalue weighted by Gasteiger charge is -2.42. The molecule has 1 heterocycles. The van der Waals surface area contributed by atoms with Crippen molar-refractivity contribution in [1.29, 1.82) is 0 Å². The Kier molecular flexibility index (Phi) is 3.90. The summed E-state index contributed by atoms with van der Waals surface area (Å²) < 4.78 is 0. The van der Waals surface area contributed by atoms with Crippen molar-refractivity contribution in [1.82, 2.24) is 4.90 Å². The lowest BCUT2D eigenvalue weighted by Crippen LogP contribution is -2.43. The van der Waals surface area contributed by atoms with Crippen LogP contribution in [0.25, 0.3) is 0 Å². The first-order valence-corrected chi connectivity index (χ1v) is 7.74. The predicted molar refractivity (Wildman–Crippen MR) is 78.3 cm³/mol. The van der Waals surface area contributed by atoms with Gasteiger partial charge in [0.15, 0.2) is 0 Å². The van der Waals surface area contributed by atoms with Gasteiger partial charge in [0.1, 0.15) is 0 Å². The maximum atomic E-state index is 9.93. The molecular weight excluding hydrogens is 234 g/mol. The van der Waals surface area contributed by atoms with E-state index >= 15 is 0 Å². The van der Waals surface area contributed by atoms with Crippen LogP contribution in [0.3, 0.4) is 0 Å². The number of rotatable bonds is 3. The van der Waals surface area contributed by atoms with Crippen molar-refractivity contribution >= 4 is 0 Å². The van der Waals surface area contributed by atoms with Gasteiger partial charge in [0.05, 0.1) is 6.61 Å². The summed E-state index contributed by atoms with van der Waals surface area (Å²) in [7, 11) is 0. The molecule has 2 heteroatoms. The average molecular weight is 259 g/mol. The fourth-order valence-corrected chi connectivity index (χ4v) is 3.96. The number of aliphatic hydroxyl groups is 1. The van der Waals surface area contributed by atoms with Crippen molar-refractivity contribution in [2.45, 2.75) is 50.0 Å². The molecule has 1 saturated heterocycles. The summed E-state index contributed by atoms with van der Waals surface area (Å²) in [5.41, 5.74) is 1.36. The minimum atomic E-state index is 0.0253. The molecule has 1 aliphatic heterocycles. The van der Waals surface area contributed by atoms with Crippen molar-refractivity contribution in [3.8, 4) is 0 Å². The summed E-state index contributed by atoms with van der Waals surface area (Å²) in [4.78, 5) is 2.67. The maximum Gasteiger partial charge on any atom is 0.0527 e. The van der Waals surface area contributed by atoms with Crippen molar-refractivity contribution in [3.63, 3.8) is 0 Å². The first kappa shape index (κ1) is 13.1. The Morgan fingerprint density at radius 1 is 1.05 bits per heavy atom.